The second-order valence-electron chi connectivity index (χ2n) is 10.6. The van der Waals surface area contributed by atoms with E-state index in [1.165, 1.54) is 6.20 Å². The Labute approximate surface area is 289 Å². The smallest absolute Gasteiger partial charge is 0.222 e. The van der Waals surface area contributed by atoms with Crippen LogP contribution >= 0.6 is 23.2 Å². The van der Waals surface area contributed by atoms with Crippen LogP contribution in [0.15, 0.2) is 134 Å². The van der Waals surface area contributed by atoms with Gasteiger partial charge in [0.15, 0.2) is 5.78 Å². The van der Waals surface area contributed by atoms with Gasteiger partial charge >= 0.3 is 0 Å². The summed E-state index contributed by atoms with van der Waals surface area (Å²) in [4.78, 5) is 28.2. The second-order valence-corrected chi connectivity index (χ2v) is 11.3. The summed E-state index contributed by atoms with van der Waals surface area (Å²) < 4.78 is 11.5. The first-order chi connectivity index (χ1) is 23.4. The number of aliphatic hydroxyl groups excluding tert-OH is 1. The summed E-state index contributed by atoms with van der Waals surface area (Å²) in [5.41, 5.74) is 4.81. The molecule has 8 nitrogen and oxygen atoms in total. The molecule has 6 rings (SSSR count). The highest BCUT2D eigenvalue weighted by Crippen LogP contribution is 2.23. The van der Waals surface area contributed by atoms with Crippen molar-refractivity contribution in [2.45, 2.75) is 32.2 Å². The summed E-state index contributed by atoms with van der Waals surface area (Å²) >= 11 is 11.5. The summed E-state index contributed by atoms with van der Waals surface area (Å²) in [5.74, 6) is 1.33. The van der Waals surface area contributed by atoms with E-state index in [9.17, 15) is 9.90 Å². The minimum Gasteiger partial charge on any atom is -0.489 e. The lowest BCUT2D eigenvalue weighted by molar-refractivity contribution is 0.0991. The predicted molar refractivity (Wildman–Crippen MR) is 185 cm³/mol. The molecular weight excluding hydrogens is 647 g/mol. The number of hydrogen-bond donors (Lipinski definition) is 1. The first-order valence-electron chi connectivity index (χ1n) is 15.1. The molecule has 0 amide bonds. The standard InChI is InChI=1S/C19H17ClN2O2.C19H15ClN2O2/c2*20-19-21-10-9-16(22-19)12-18(23)15-7-4-8-17(11-15)24-13-14-5-2-1-3-6-14/h1-11,18,23H,12-13H2;1-11H,12-13H2. The number of hydrogen-bond acceptors (Lipinski definition) is 8. The molecule has 0 aliphatic heterocycles. The number of halogens is 2. The summed E-state index contributed by atoms with van der Waals surface area (Å²) in [6.45, 7) is 0.946. The average molecular weight is 680 g/mol. The third-order valence-corrected chi connectivity index (χ3v) is 7.37. The van der Waals surface area contributed by atoms with Gasteiger partial charge in [-0.25, -0.2) is 19.9 Å². The first kappa shape index (κ1) is 34.2. The van der Waals surface area contributed by atoms with Crippen molar-refractivity contribution in [3.63, 3.8) is 0 Å². The van der Waals surface area contributed by atoms with E-state index in [4.69, 9.17) is 32.7 Å². The van der Waals surface area contributed by atoms with Crippen LogP contribution in [0.1, 0.15) is 44.5 Å². The molecule has 0 spiro atoms. The van der Waals surface area contributed by atoms with Crippen LogP contribution in [-0.4, -0.2) is 30.8 Å². The Kier molecular flexibility index (Phi) is 12.6. The third kappa shape index (κ3) is 11.0. The molecule has 0 aliphatic carbocycles. The number of ketones is 1. The SMILES string of the molecule is O=C(Cc1ccnc(Cl)n1)c1cccc(OCc2ccccc2)c1.OC(Cc1ccnc(Cl)n1)c1cccc(OCc2ccccc2)c1. The van der Waals surface area contributed by atoms with Crippen LogP contribution in [-0.2, 0) is 26.1 Å². The number of nitrogens with zero attached hydrogens (tertiary/aromatic N) is 4. The zero-order valence-corrected chi connectivity index (χ0v) is 27.3. The van der Waals surface area contributed by atoms with E-state index in [1.54, 1.807) is 36.5 Å². The maximum absolute atomic E-state index is 12.4. The molecule has 0 saturated heterocycles. The molecule has 48 heavy (non-hydrogen) atoms. The van der Waals surface area contributed by atoms with E-state index in [-0.39, 0.29) is 22.8 Å². The van der Waals surface area contributed by atoms with E-state index < -0.39 is 6.10 Å². The monoisotopic (exact) mass is 678 g/mol. The number of carbonyl (C=O) groups is 1. The van der Waals surface area contributed by atoms with Gasteiger partial charge in [0.05, 0.1) is 18.2 Å². The predicted octanol–water partition coefficient (Wildman–Crippen LogP) is 8.12. The largest absolute Gasteiger partial charge is 0.489 e. The summed E-state index contributed by atoms with van der Waals surface area (Å²) in [6.07, 6.45) is 2.97. The highest BCUT2D eigenvalue weighted by Gasteiger charge is 2.12. The number of aromatic nitrogens is 4. The lowest BCUT2D eigenvalue weighted by Crippen LogP contribution is -2.06. The normalized spacial score (nSPS) is 11.1. The van der Waals surface area contributed by atoms with Crippen LogP contribution in [0.5, 0.6) is 11.5 Å². The van der Waals surface area contributed by atoms with Crippen LogP contribution in [0.25, 0.3) is 0 Å². The van der Waals surface area contributed by atoms with Crippen molar-refractivity contribution < 1.29 is 19.4 Å². The van der Waals surface area contributed by atoms with Crippen molar-refractivity contribution in [2.24, 2.45) is 0 Å². The molecule has 0 aliphatic rings. The molecular formula is C38H32Cl2N4O4. The molecule has 1 atom stereocenters. The van der Waals surface area contributed by atoms with Crippen LogP contribution < -0.4 is 9.47 Å². The van der Waals surface area contributed by atoms with Gasteiger partial charge in [-0.3, -0.25) is 4.79 Å². The molecule has 0 fully saturated rings. The number of carbonyl (C=O) groups excluding carboxylic acids is 1. The molecule has 1 unspecified atom stereocenters. The lowest BCUT2D eigenvalue weighted by Gasteiger charge is -2.13. The number of Topliss-reactive ketones (excluding diaryl/α,β-unsaturated/α-hetero) is 1. The van der Waals surface area contributed by atoms with Gasteiger partial charge in [0.2, 0.25) is 10.6 Å². The van der Waals surface area contributed by atoms with Crippen molar-refractivity contribution in [1.29, 1.82) is 0 Å². The fraction of sp³-hybridized carbons (Fsp3) is 0.132. The van der Waals surface area contributed by atoms with Crippen molar-refractivity contribution >= 4 is 29.0 Å². The number of rotatable bonds is 12. The molecule has 4 aromatic carbocycles. The van der Waals surface area contributed by atoms with E-state index >= 15 is 0 Å². The number of ether oxygens (including phenoxy) is 2. The Morgan fingerprint density at radius 1 is 0.646 bits per heavy atom. The first-order valence-corrected chi connectivity index (χ1v) is 15.9. The molecule has 0 bridgehead atoms. The Bertz CT molecular complexity index is 1910. The molecule has 0 saturated carbocycles. The van der Waals surface area contributed by atoms with Gasteiger partial charge in [0, 0.05) is 30.1 Å². The topological polar surface area (TPSA) is 107 Å². The van der Waals surface area contributed by atoms with Gasteiger partial charge in [0.1, 0.15) is 24.7 Å². The second kappa shape index (κ2) is 17.7. The molecule has 10 heteroatoms. The van der Waals surface area contributed by atoms with Crippen molar-refractivity contribution in [3.05, 3.63) is 178 Å². The minimum absolute atomic E-state index is 0.0464. The molecule has 0 radical (unpaired) electrons. The fourth-order valence-corrected chi connectivity index (χ4v) is 4.92. The maximum atomic E-state index is 12.4. The number of benzene rings is 4. The van der Waals surface area contributed by atoms with Crippen LogP contribution in [0.2, 0.25) is 10.6 Å². The third-order valence-electron chi connectivity index (χ3n) is 7.01. The van der Waals surface area contributed by atoms with E-state index in [1.807, 2.05) is 91.0 Å². The molecule has 1 N–H and O–H groups in total. The molecule has 2 heterocycles. The molecule has 242 valence electrons. The van der Waals surface area contributed by atoms with Gasteiger partial charge in [-0.1, -0.05) is 84.9 Å². The average Bonchev–Trinajstić information content (AvgIpc) is 3.11. The summed E-state index contributed by atoms with van der Waals surface area (Å²) in [6, 6.07) is 37.8. The Morgan fingerprint density at radius 3 is 1.79 bits per heavy atom. The Hall–Kier alpha value is -5.15. The van der Waals surface area contributed by atoms with Crippen molar-refractivity contribution in [1.82, 2.24) is 19.9 Å². The Balaban J connectivity index is 0.000000188. The van der Waals surface area contributed by atoms with Crippen LogP contribution in [0.4, 0.5) is 0 Å². The van der Waals surface area contributed by atoms with E-state index in [0.717, 1.165) is 22.4 Å². The zero-order chi connectivity index (χ0) is 33.6. The maximum Gasteiger partial charge on any atom is 0.222 e. The molecule has 2 aromatic heterocycles. The summed E-state index contributed by atoms with van der Waals surface area (Å²) in [7, 11) is 0. The van der Waals surface area contributed by atoms with Gasteiger partial charge in [0.25, 0.3) is 0 Å². The number of aliphatic hydroxyl groups is 1. The lowest BCUT2D eigenvalue weighted by atomic mass is 10.0. The Morgan fingerprint density at radius 2 is 1.19 bits per heavy atom. The van der Waals surface area contributed by atoms with Crippen molar-refractivity contribution in [2.75, 3.05) is 0 Å². The quantitative estimate of drug-likeness (QED) is 0.102. The van der Waals surface area contributed by atoms with Crippen LogP contribution in [0.3, 0.4) is 0 Å². The minimum atomic E-state index is -0.684. The molecule has 6 aromatic rings. The zero-order valence-electron chi connectivity index (χ0n) is 25.8. The van der Waals surface area contributed by atoms with Crippen molar-refractivity contribution in [3.8, 4) is 11.5 Å². The van der Waals surface area contributed by atoms with Gasteiger partial charge in [-0.15, -0.1) is 0 Å². The highest BCUT2D eigenvalue weighted by atomic mass is 35.5. The van der Waals surface area contributed by atoms with E-state index in [2.05, 4.69) is 19.9 Å². The summed E-state index contributed by atoms with van der Waals surface area (Å²) in [5, 5.41) is 10.7. The highest BCUT2D eigenvalue weighted by molar-refractivity contribution is 6.28. The van der Waals surface area contributed by atoms with Gasteiger partial charge in [-0.05, 0) is 76.3 Å². The van der Waals surface area contributed by atoms with Crippen LogP contribution in [0, 0.1) is 0 Å². The van der Waals surface area contributed by atoms with Gasteiger partial charge in [-0.2, -0.15) is 0 Å². The van der Waals surface area contributed by atoms with E-state index in [0.29, 0.717) is 42.3 Å². The fourth-order valence-electron chi connectivity index (χ4n) is 4.59. The van der Waals surface area contributed by atoms with Gasteiger partial charge < -0.3 is 14.6 Å².